The van der Waals surface area contributed by atoms with Gasteiger partial charge in [-0.3, -0.25) is 39.1 Å². The maximum absolute atomic E-state index is 13.9. The predicted molar refractivity (Wildman–Crippen MR) is 158 cm³/mol. The van der Waals surface area contributed by atoms with Gasteiger partial charge in [0.2, 0.25) is 11.8 Å². The number of hydrogen-bond acceptors (Lipinski definition) is 8. The van der Waals surface area contributed by atoms with E-state index in [1.54, 1.807) is 42.5 Å². The van der Waals surface area contributed by atoms with E-state index in [0.29, 0.717) is 42.0 Å². The van der Waals surface area contributed by atoms with Crippen LogP contribution in [0, 0.1) is 5.92 Å². The molecule has 0 spiro atoms. The third-order valence-electron chi connectivity index (χ3n) is 8.87. The maximum Gasteiger partial charge on any atom is 0.435 e. The molecule has 4 amide bonds. The summed E-state index contributed by atoms with van der Waals surface area (Å²) in [6, 6.07) is 10.7. The number of aromatic nitrogens is 4. The summed E-state index contributed by atoms with van der Waals surface area (Å²) < 4.78 is 43.2. The van der Waals surface area contributed by atoms with Crippen molar-refractivity contribution in [3.63, 3.8) is 0 Å². The average molecular weight is 632 g/mol. The summed E-state index contributed by atoms with van der Waals surface area (Å²) in [5, 5.41) is 9.38. The number of carbonyl (C=O) groups is 4. The Labute approximate surface area is 260 Å². The Bertz CT molecular complexity index is 1900. The molecule has 2 aromatic heterocycles. The van der Waals surface area contributed by atoms with Crippen LogP contribution in [0.1, 0.15) is 71.0 Å². The molecule has 236 valence electrons. The van der Waals surface area contributed by atoms with E-state index in [4.69, 9.17) is 0 Å². The van der Waals surface area contributed by atoms with E-state index in [2.05, 4.69) is 25.7 Å². The number of rotatable bonds is 8. The highest BCUT2D eigenvalue weighted by Crippen LogP contribution is 2.43. The van der Waals surface area contributed by atoms with Crippen LogP contribution in [0.15, 0.2) is 54.9 Å². The quantitative estimate of drug-likeness (QED) is 0.210. The molecule has 4 aromatic rings. The predicted octanol–water partition coefficient (Wildman–Crippen LogP) is 4.76. The highest BCUT2D eigenvalue weighted by Gasteiger charge is 2.45. The van der Waals surface area contributed by atoms with Crippen LogP contribution >= 0.6 is 0 Å². The van der Waals surface area contributed by atoms with Gasteiger partial charge in [-0.1, -0.05) is 12.1 Å². The lowest BCUT2D eigenvalue weighted by Gasteiger charge is -2.35. The van der Waals surface area contributed by atoms with Crippen LogP contribution in [0.5, 0.6) is 0 Å². The van der Waals surface area contributed by atoms with E-state index >= 15 is 0 Å². The first-order chi connectivity index (χ1) is 22.1. The van der Waals surface area contributed by atoms with Gasteiger partial charge in [0.25, 0.3) is 11.8 Å². The van der Waals surface area contributed by atoms with E-state index in [-0.39, 0.29) is 41.3 Å². The SMILES string of the molecule is O=C1CCC(N2C(=O)c3ccc(NCCC[C@H]4C[C@H](n5cc(-c6cnc7ccccc7n6)c(C(F)(F)F)n5)C4)cc3C2=O)C(=O)N1. The topological polar surface area (TPSA) is 139 Å². The summed E-state index contributed by atoms with van der Waals surface area (Å²) in [6.45, 7) is 0.587. The van der Waals surface area contributed by atoms with Crippen molar-refractivity contribution < 1.29 is 32.3 Å². The number of para-hydroxylation sites is 2. The monoisotopic (exact) mass is 631 g/mol. The minimum absolute atomic E-state index is 0.0520. The number of amides is 4. The van der Waals surface area contributed by atoms with E-state index in [0.717, 1.165) is 17.7 Å². The van der Waals surface area contributed by atoms with Crippen LogP contribution in [0.2, 0.25) is 0 Å². The van der Waals surface area contributed by atoms with Crippen LogP contribution in [0.3, 0.4) is 0 Å². The highest BCUT2D eigenvalue weighted by molar-refractivity contribution is 6.23. The summed E-state index contributed by atoms with van der Waals surface area (Å²) in [4.78, 5) is 59.3. The van der Waals surface area contributed by atoms with Crippen LogP contribution in [0.25, 0.3) is 22.3 Å². The molecule has 2 fully saturated rings. The third kappa shape index (κ3) is 5.37. The average Bonchev–Trinajstić information content (AvgIpc) is 3.56. The lowest BCUT2D eigenvalue weighted by atomic mass is 9.77. The number of nitrogens with one attached hydrogen (secondary N) is 2. The minimum Gasteiger partial charge on any atom is -0.385 e. The number of alkyl halides is 3. The molecule has 2 N–H and O–H groups in total. The van der Waals surface area contributed by atoms with Crippen molar-refractivity contribution in [3.8, 4) is 11.3 Å². The molecule has 14 heteroatoms. The Morgan fingerprint density at radius 1 is 0.957 bits per heavy atom. The lowest BCUT2D eigenvalue weighted by Crippen LogP contribution is -2.54. The summed E-state index contributed by atoms with van der Waals surface area (Å²) in [7, 11) is 0. The highest BCUT2D eigenvalue weighted by atomic mass is 19.4. The zero-order valence-corrected chi connectivity index (χ0v) is 24.4. The number of nitrogens with zero attached hydrogens (tertiary/aromatic N) is 5. The van der Waals surface area contributed by atoms with E-state index in [9.17, 15) is 32.3 Å². The van der Waals surface area contributed by atoms with Crippen molar-refractivity contribution >= 4 is 40.3 Å². The van der Waals surface area contributed by atoms with E-state index in [1.165, 1.54) is 17.1 Å². The number of halogens is 3. The van der Waals surface area contributed by atoms with Crippen molar-refractivity contribution in [1.29, 1.82) is 0 Å². The van der Waals surface area contributed by atoms with Gasteiger partial charge in [0.1, 0.15) is 6.04 Å². The molecule has 1 saturated carbocycles. The van der Waals surface area contributed by atoms with Gasteiger partial charge in [-0.15, -0.1) is 0 Å². The van der Waals surface area contributed by atoms with Crippen molar-refractivity contribution in [3.05, 3.63) is 71.7 Å². The van der Waals surface area contributed by atoms with Gasteiger partial charge in [0.05, 0.1) is 45.7 Å². The molecule has 0 bridgehead atoms. The Kier molecular flexibility index (Phi) is 7.29. The van der Waals surface area contributed by atoms with Crippen molar-refractivity contribution in [1.82, 2.24) is 30.0 Å². The molecular weight excluding hydrogens is 603 g/mol. The smallest absolute Gasteiger partial charge is 0.385 e. The Morgan fingerprint density at radius 3 is 2.48 bits per heavy atom. The minimum atomic E-state index is -4.64. The van der Waals surface area contributed by atoms with Crippen LogP contribution in [-0.4, -0.2) is 60.9 Å². The summed E-state index contributed by atoms with van der Waals surface area (Å²) in [5.41, 5.74) is 1.23. The molecule has 1 unspecified atom stereocenters. The van der Waals surface area contributed by atoms with Crippen LogP contribution in [-0.2, 0) is 15.8 Å². The summed E-state index contributed by atoms with van der Waals surface area (Å²) in [5.74, 6) is -1.88. The van der Waals surface area contributed by atoms with Crippen molar-refractivity contribution in [2.75, 3.05) is 11.9 Å². The normalized spacial score (nSPS) is 21.4. The molecule has 4 heterocycles. The first-order valence-electron chi connectivity index (χ1n) is 15.0. The van der Waals surface area contributed by atoms with Gasteiger partial charge in [-0.2, -0.15) is 18.3 Å². The molecule has 11 nitrogen and oxygen atoms in total. The van der Waals surface area contributed by atoms with Crippen molar-refractivity contribution in [2.45, 2.75) is 56.8 Å². The van der Waals surface area contributed by atoms with Gasteiger partial charge >= 0.3 is 6.18 Å². The van der Waals surface area contributed by atoms with Gasteiger partial charge in [0, 0.05) is 24.8 Å². The molecule has 3 aliphatic rings. The van der Waals surface area contributed by atoms with Crippen molar-refractivity contribution in [2.24, 2.45) is 5.92 Å². The fourth-order valence-electron chi connectivity index (χ4n) is 6.42. The number of fused-ring (bicyclic) bond motifs is 2. The second-order valence-corrected chi connectivity index (χ2v) is 11.9. The van der Waals surface area contributed by atoms with Crippen LogP contribution in [0.4, 0.5) is 18.9 Å². The molecule has 46 heavy (non-hydrogen) atoms. The fraction of sp³-hybridized carbons (Fsp3) is 0.344. The number of benzene rings is 2. The summed E-state index contributed by atoms with van der Waals surface area (Å²) in [6.07, 6.45) is 1.32. The van der Waals surface area contributed by atoms with Crippen LogP contribution < -0.4 is 10.6 Å². The molecule has 2 aliphatic heterocycles. The summed E-state index contributed by atoms with van der Waals surface area (Å²) >= 11 is 0. The molecule has 1 saturated heterocycles. The Balaban J connectivity index is 0.935. The first-order valence-corrected chi connectivity index (χ1v) is 15.0. The molecule has 1 atom stereocenters. The largest absolute Gasteiger partial charge is 0.435 e. The number of piperidine rings is 1. The zero-order valence-electron chi connectivity index (χ0n) is 24.4. The second-order valence-electron chi connectivity index (χ2n) is 11.9. The number of anilines is 1. The van der Waals surface area contributed by atoms with Gasteiger partial charge in [-0.05, 0) is 68.4 Å². The van der Waals surface area contributed by atoms with E-state index in [1.807, 2.05) is 0 Å². The number of hydrogen-bond donors (Lipinski definition) is 2. The third-order valence-corrected chi connectivity index (χ3v) is 8.87. The lowest BCUT2D eigenvalue weighted by molar-refractivity contribution is -0.141. The first kappa shape index (κ1) is 29.6. The zero-order chi connectivity index (χ0) is 32.2. The van der Waals surface area contributed by atoms with Gasteiger partial charge in [0.15, 0.2) is 5.69 Å². The standard InChI is InChI=1S/C32H28F3N7O4/c33-32(34,35)28-22(25-15-37-23-5-1-2-6-24(23)38-25)16-41(40-28)19-12-17(13-19)4-3-11-36-18-7-8-20-21(14-18)31(46)42(30(20)45)26-9-10-27(43)39-29(26)44/h1-2,5-8,14-17,19,26,36H,3-4,9-13H2,(H,39,43,44)/t17-,19-,26?. The molecular formula is C32H28F3N7O4. The molecule has 2 aromatic carbocycles. The molecule has 7 rings (SSSR count). The maximum atomic E-state index is 13.9. The van der Waals surface area contributed by atoms with Gasteiger partial charge < -0.3 is 5.32 Å². The number of imide groups is 2. The second kappa shape index (κ2) is 11.3. The molecule has 1 aliphatic carbocycles. The van der Waals surface area contributed by atoms with Gasteiger partial charge in [-0.25, -0.2) is 4.98 Å². The Morgan fingerprint density at radius 2 is 1.72 bits per heavy atom. The fourth-order valence-corrected chi connectivity index (χ4v) is 6.42. The van der Waals surface area contributed by atoms with E-state index < -0.39 is 41.5 Å². The number of carbonyl (C=O) groups excluding carboxylic acids is 4. The Hall–Kier alpha value is -5.14. The molecule has 0 radical (unpaired) electrons.